The first-order valence-electron chi connectivity index (χ1n) is 3.40. The molecule has 0 N–H and O–H groups in total. The third-order valence-corrected chi connectivity index (χ3v) is 2.27. The van der Waals surface area contributed by atoms with Crippen molar-refractivity contribution in [1.29, 1.82) is 0 Å². The number of halogens is 5. The van der Waals surface area contributed by atoms with Gasteiger partial charge in [-0.05, 0) is 12.1 Å². The van der Waals surface area contributed by atoms with Crippen molar-refractivity contribution >= 4 is 40.6 Å². The predicted molar refractivity (Wildman–Crippen MR) is 51.8 cm³/mol. The van der Waals surface area contributed by atoms with Crippen LogP contribution < -0.4 is 0 Å². The summed E-state index contributed by atoms with van der Waals surface area (Å²) in [5, 5.41) is -0.161. The molecule has 1 aromatic carbocycles. The Balaban J connectivity index is 3.28. The van der Waals surface area contributed by atoms with Crippen LogP contribution in [0.5, 0.6) is 0 Å². The number of hydrogen-bond donors (Lipinski definition) is 0. The number of hydrogen-bond acceptors (Lipinski definition) is 1. The van der Waals surface area contributed by atoms with E-state index >= 15 is 0 Å². The summed E-state index contributed by atoms with van der Waals surface area (Å²) in [6, 6.07) is 2.37. The van der Waals surface area contributed by atoms with Crippen molar-refractivity contribution in [3.63, 3.8) is 0 Å². The van der Waals surface area contributed by atoms with Crippen LogP contribution in [-0.4, -0.2) is 12.2 Å². The highest BCUT2D eigenvalue weighted by molar-refractivity contribution is 6.42. The molecule has 1 rings (SSSR count). The van der Waals surface area contributed by atoms with E-state index in [4.69, 9.17) is 34.8 Å². The Bertz CT molecular complexity index is 356. The average molecular weight is 259 g/mol. The van der Waals surface area contributed by atoms with Crippen LogP contribution in [0.4, 0.5) is 8.78 Å². The molecule has 0 aliphatic heterocycles. The van der Waals surface area contributed by atoms with Crippen LogP contribution in [0.15, 0.2) is 12.1 Å². The minimum atomic E-state index is -3.13. The minimum Gasteiger partial charge on any atom is -0.288 e. The number of carbonyl (C=O) groups is 1. The Morgan fingerprint density at radius 3 is 1.93 bits per heavy atom. The lowest BCUT2D eigenvalue weighted by atomic mass is 10.1. The molecule has 6 heteroatoms. The fraction of sp³-hybridized carbons (Fsp3) is 0.125. The summed E-state index contributed by atoms with van der Waals surface area (Å²) in [4.78, 5) is 10.9. The SMILES string of the molecule is O=C(c1c(Cl)cc(Cl)cc1Cl)C(F)F. The van der Waals surface area contributed by atoms with Gasteiger partial charge < -0.3 is 0 Å². The molecular formula is C8H3Cl3F2O. The van der Waals surface area contributed by atoms with Crippen molar-refractivity contribution in [2.75, 3.05) is 0 Å². The molecule has 0 unspecified atom stereocenters. The molecule has 14 heavy (non-hydrogen) atoms. The van der Waals surface area contributed by atoms with E-state index in [9.17, 15) is 13.6 Å². The molecule has 0 aliphatic rings. The van der Waals surface area contributed by atoms with Crippen LogP contribution >= 0.6 is 34.8 Å². The molecule has 0 aromatic heterocycles. The Morgan fingerprint density at radius 2 is 1.57 bits per heavy atom. The molecule has 1 aromatic rings. The van der Waals surface area contributed by atoms with Gasteiger partial charge in [-0.3, -0.25) is 4.79 Å². The first-order valence-corrected chi connectivity index (χ1v) is 4.53. The van der Waals surface area contributed by atoms with Crippen molar-refractivity contribution in [3.8, 4) is 0 Å². The van der Waals surface area contributed by atoms with Gasteiger partial charge in [0.15, 0.2) is 0 Å². The summed E-state index contributed by atoms with van der Waals surface area (Å²) in [6.45, 7) is 0. The van der Waals surface area contributed by atoms with Crippen LogP contribution in [0.2, 0.25) is 15.1 Å². The molecule has 1 nitrogen and oxygen atoms in total. The second-order valence-corrected chi connectivity index (χ2v) is 3.66. The molecule has 0 heterocycles. The van der Waals surface area contributed by atoms with Gasteiger partial charge in [0.25, 0.3) is 0 Å². The highest BCUT2D eigenvalue weighted by Crippen LogP contribution is 2.30. The van der Waals surface area contributed by atoms with Gasteiger partial charge in [-0.1, -0.05) is 34.8 Å². The Kier molecular flexibility index (Phi) is 3.70. The predicted octanol–water partition coefficient (Wildman–Crippen LogP) is 4.09. The third-order valence-electron chi connectivity index (χ3n) is 1.45. The van der Waals surface area contributed by atoms with Gasteiger partial charge in [-0.15, -0.1) is 0 Å². The second kappa shape index (κ2) is 4.43. The van der Waals surface area contributed by atoms with Gasteiger partial charge in [0.05, 0.1) is 15.6 Å². The molecule has 0 spiro atoms. The lowest BCUT2D eigenvalue weighted by Crippen LogP contribution is -2.11. The average Bonchev–Trinajstić information content (AvgIpc) is 2.01. The fourth-order valence-electron chi connectivity index (χ4n) is 0.887. The number of carbonyl (C=O) groups excluding carboxylic acids is 1. The molecule has 76 valence electrons. The van der Waals surface area contributed by atoms with Crippen LogP contribution in [0.3, 0.4) is 0 Å². The van der Waals surface area contributed by atoms with Crippen LogP contribution in [0, 0.1) is 0 Å². The molecule has 0 saturated carbocycles. The van der Waals surface area contributed by atoms with Gasteiger partial charge >= 0.3 is 6.43 Å². The summed E-state index contributed by atoms with van der Waals surface area (Å²) in [7, 11) is 0. The third kappa shape index (κ3) is 2.35. The Morgan fingerprint density at radius 1 is 1.14 bits per heavy atom. The molecule has 0 saturated heterocycles. The van der Waals surface area contributed by atoms with Crippen molar-refractivity contribution in [2.24, 2.45) is 0 Å². The maximum absolute atomic E-state index is 12.1. The number of Topliss-reactive ketones (excluding diaryl/α,β-unsaturated/α-hetero) is 1. The lowest BCUT2D eigenvalue weighted by Gasteiger charge is -2.05. The zero-order valence-electron chi connectivity index (χ0n) is 6.53. The minimum absolute atomic E-state index is 0.173. The van der Waals surface area contributed by atoms with Crippen LogP contribution in [-0.2, 0) is 0 Å². The molecule has 0 fully saturated rings. The molecule has 0 atom stereocenters. The van der Waals surface area contributed by atoms with Crippen molar-refractivity contribution in [3.05, 3.63) is 32.8 Å². The zero-order chi connectivity index (χ0) is 10.9. The van der Waals surface area contributed by atoms with Gasteiger partial charge in [0, 0.05) is 5.02 Å². The molecular weight excluding hydrogens is 256 g/mol. The molecule has 0 aliphatic carbocycles. The van der Waals surface area contributed by atoms with Crippen molar-refractivity contribution in [2.45, 2.75) is 6.43 Å². The fourth-order valence-corrected chi connectivity index (χ4v) is 1.89. The van der Waals surface area contributed by atoms with Gasteiger partial charge in [-0.2, -0.15) is 0 Å². The summed E-state index contributed by atoms with van der Waals surface area (Å²) in [5.74, 6) is -1.41. The quantitative estimate of drug-likeness (QED) is 0.731. The molecule has 0 amide bonds. The Labute approximate surface area is 93.6 Å². The molecule has 0 bridgehead atoms. The number of benzene rings is 1. The highest BCUT2D eigenvalue weighted by atomic mass is 35.5. The highest BCUT2D eigenvalue weighted by Gasteiger charge is 2.23. The second-order valence-electron chi connectivity index (χ2n) is 2.41. The summed E-state index contributed by atoms with van der Waals surface area (Å²) >= 11 is 16.6. The van der Waals surface area contributed by atoms with Crippen molar-refractivity contribution < 1.29 is 13.6 Å². The Hall–Kier alpha value is -0.380. The maximum atomic E-state index is 12.1. The maximum Gasteiger partial charge on any atom is 0.300 e. The first-order chi connectivity index (χ1) is 6.43. The summed E-state index contributed by atoms with van der Waals surface area (Å²) in [6.07, 6.45) is -3.13. The largest absolute Gasteiger partial charge is 0.300 e. The lowest BCUT2D eigenvalue weighted by molar-refractivity contribution is 0.0679. The summed E-state index contributed by atoms with van der Waals surface area (Å²) < 4.78 is 24.1. The van der Waals surface area contributed by atoms with E-state index in [0.717, 1.165) is 0 Å². The van der Waals surface area contributed by atoms with E-state index < -0.39 is 17.8 Å². The van der Waals surface area contributed by atoms with Crippen LogP contribution in [0.1, 0.15) is 10.4 Å². The first kappa shape index (κ1) is 11.7. The number of ketones is 1. The zero-order valence-corrected chi connectivity index (χ0v) is 8.80. The van der Waals surface area contributed by atoms with Gasteiger partial charge in [-0.25, -0.2) is 8.78 Å². The monoisotopic (exact) mass is 258 g/mol. The smallest absolute Gasteiger partial charge is 0.288 e. The van der Waals surface area contributed by atoms with E-state index in [1.165, 1.54) is 12.1 Å². The van der Waals surface area contributed by atoms with Crippen molar-refractivity contribution in [1.82, 2.24) is 0 Å². The number of alkyl halides is 2. The van der Waals surface area contributed by atoms with E-state index in [1.54, 1.807) is 0 Å². The topological polar surface area (TPSA) is 17.1 Å². The standard InChI is InChI=1S/C8H3Cl3F2O/c9-3-1-4(10)6(5(11)2-3)7(14)8(12)13/h1-2,8H. The van der Waals surface area contributed by atoms with Gasteiger partial charge in [0.1, 0.15) is 0 Å². The van der Waals surface area contributed by atoms with Crippen LogP contribution in [0.25, 0.3) is 0 Å². The van der Waals surface area contributed by atoms with E-state index in [-0.39, 0.29) is 15.1 Å². The van der Waals surface area contributed by atoms with E-state index in [1.807, 2.05) is 0 Å². The molecule has 0 radical (unpaired) electrons. The van der Waals surface area contributed by atoms with E-state index in [2.05, 4.69) is 0 Å². The number of rotatable bonds is 2. The summed E-state index contributed by atoms with van der Waals surface area (Å²) in [5.41, 5.74) is -0.396. The normalized spacial score (nSPS) is 10.7. The van der Waals surface area contributed by atoms with E-state index in [0.29, 0.717) is 0 Å². The van der Waals surface area contributed by atoms with Gasteiger partial charge in [0.2, 0.25) is 5.78 Å².